The number of hydrogen-bond donors (Lipinski definition) is 0. The van der Waals surface area contributed by atoms with Gasteiger partial charge >= 0.3 is 29.6 Å². The minimum Gasteiger partial charge on any atom is -0.780 e. The third kappa shape index (κ3) is 128. The van der Waals surface area contributed by atoms with Gasteiger partial charge in [-0.2, -0.15) is 0 Å². The summed E-state index contributed by atoms with van der Waals surface area (Å²) >= 11 is 3.24. The second-order valence-electron chi connectivity index (χ2n) is 0.408. The van der Waals surface area contributed by atoms with Crippen molar-refractivity contribution in [3.63, 3.8) is 0 Å². The molecule has 0 atom stereocenters. The Balaban J connectivity index is -0.0000000800. The molecule has 0 aliphatic carbocycles. The summed E-state index contributed by atoms with van der Waals surface area (Å²) in [5.74, 6) is 0. The van der Waals surface area contributed by atoms with Crippen LogP contribution >= 0.6 is 0 Å². The van der Waals surface area contributed by atoms with E-state index < -0.39 is 9.05 Å². The first-order valence-electron chi connectivity index (χ1n) is 0.667. The smallest absolute Gasteiger partial charge is 0.780 e. The monoisotopic (exact) mass is 153 g/mol. The summed E-state index contributed by atoms with van der Waals surface area (Å²) in [4.78, 5) is 0. The molecule has 0 unspecified atom stereocenters. The van der Waals surface area contributed by atoms with Crippen LogP contribution in [0.1, 0.15) is 0 Å². The molecule has 0 aromatic rings. The van der Waals surface area contributed by atoms with E-state index in [0.29, 0.717) is 0 Å². The summed E-state index contributed by atoms with van der Waals surface area (Å²) < 4.78 is 26.7. The summed E-state index contributed by atoms with van der Waals surface area (Å²) in [6.07, 6.45) is 0. The molecule has 0 aromatic heterocycles. The molecule has 0 aliphatic rings. The van der Waals surface area contributed by atoms with Crippen molar-refractivity contribution in [2.45, 2.75) is 0 Å². The van der Waals surface area contributed by atoms with Crippen LogP contribution in [0.4, 0.5) is 0 Å². The van der Waals surface area contributed by atoms with Gasteiger partial charge in [-0.1, -0.05) is 0 Å². The fourth-order valence-corrected chi connectivity index (χ4v) is 0. The van der Waals surface area contributed by atoms with Crippen LogP contribution in [-0.2, 0) is 20.2 Å². The summed E-state index contributed by atoms with van der Waals surface area (Å²) in [6, 6.07) is 0. The van der Waals surface area contributed by atoms with Gasteiger partial charge in [-0.05, 0) is 11.2 Å². The van der Waals surface area contributed by atoms with E-state index in [1.807, 2.05) is 0 Å². The Morgan fingerprint density at radius 3 is 1.43 bits per heavy atom. The molecule has 0 fully saturated rings. The summed E-state index contributed by atoms with van der Waals surface area (Å²) in [5.41, 5.74) is 0. The van der Waals surface area contributed by atoms with Crippen molar-refractivity contribution < 1.29 is 48.3 Å². The van der Waals surface area contributed by atoms with Gasteiger partial charge in [0.2, 0.25) is 0 Å². The molecule has 7 heteroatoms. The van der Waals surface area contributed by atoms with Crippen molar-refractivity contribution in [1.29, 1.82) is 0 Å². The first kappa shape index (κ1) is 15.7. The van der Waals surface area contributed by atoms with Crippen LogP contribution in [0, 0.1) is 0 Å². The normalized spacial score (nSPS) is 8.29. The molecule has 4 nitrogen and oxygen atoms in total. The zero-order chi connectivity index (χ0) is 4.50. The van der Waals surface area contributed by atoms with Gasteiger partial charge in [0.05, 0.1) is 0 Å². The van der Waals surface area contributed by atoms with E-state index in [1.54, 1.807) is 0 Å². The average molecular weight is 153 g/mol. The van der Waals surface area contributed by atoms with Gasteiger partial charge in [-0.15, -0.1) is 9.05 Å². The SMILES string of the molecule is O.O=S([O-])([O-])=S.[Na+]. The molecule has 0 saturated carbocycles. The topological polar surface area (TPSA) is 94.7 Å². The molecule has 2 N–H and O–H groups in total. The van der Waals surface area contributed by atoms with Crippen LogP contribution in [0.5, 0.6) is 0 Å². The quantitative estimate of drug-likeness (QED) is 0.326. The standard InChI is InChI=1S/Na.H2O3S2.H2O/c;1-5(2,3)4;/h;(H2,1,2,3,4);1H2/q+1;;/p-2. The Morgan fingerprint density at radius 2 is 1.43 bits per heavy atom. The Hall–Kier alpha value is 1.25. The maximum absolute atomic E-state index is 8.89. The zero-order valence-electron chi connectivity index (χ0n) is 3.54. The second kappa shape index (κ2) is 5.39. The molecule has 0 aromatic carbocycles. The zero-order valence-corrected chi connectivity index (χ0v) is 7.17. The van der Waals surface area contributed by atoms with Crippen molar-refractivity contribution in [2.75, 3.05) is 0 Å². The minimum absolute atomic E-state index is 0. The molecule has 40 valence electrons. The predicted molar refractivity (Wildman–Crippen MR) is 20.7 cm³/mol. The fourth-order valence-electron chi connectivity index (χ4n) is 0. The first-order chi connectivity index (χ1) is 2.00. The Labute approximate surface area is 68.2 Å². The molecule has 0 saturated heterocycles. The van der Waals surface area contributed by atoms with Gasteiger partial charge in [0.25, 0.3) is 0 Å². The van der Waals surface area contributed by atoms with E-state index in [2.05, 4.69) is 11.2 Å². The van der Waals surface area contributed by atoms with E-state index in [4.69, 9.17) is 13.3 Å². The molecule has 0 radical (unpaired) electrons. The molecule has 0 rings (SSSR count). The van der Waals surface area contributed by atoms with Gasteiger partial charge in [0, 0.05) is 0 Å². The van der Waals surface area contributed by atoms with E-state index in [9.17, 15) is 0 Å². The first-order valence-corrected chi connectivity index (χ1v) is 3.00. The van der Waals surface area contributed by atoms with Crippen LogP contribution in [0.25, 0.3) is 0 Å². The van der Waals surface area contributed by atoms with Crippen molar-refractivity contribution in [3.8, 4) is 0 Å². The van der Waals surface area contributed by atoms with E-state index >= 15 is 0 Å². The molecular formula is H2NaO4S2-. The molecule has 0 heterocycles. The van der Waals surface area contributed by atoms with Gasteiger partial charge in [-0.25, -0.2) is 0 Å². The number of rotatable bonds is 0. The molecular weight excluding hydrogens is 151 g/mol. The van der Waals surface area contributed by atoms with Crippen LogP contribution in [0.15, 0.2) is 0 Å². The van der Waals surface area contributed by atoms with Crippen LogP contribution in [0.2, 0.25) is 0 Å². The van der Waals surface area contributed by atoms with Crippen LogP contribution < -0.4 is 29.6 Å². The summed E-state index contributed by atoms with van der Waals surface area (Å²) in [7, 11) is -4.33. The van der Waals surface area contributed by atoms with Crippen molar-refractivity contribution in [3.05, 3.63) is 0 Å². The Kier molecular flexibility index (Phi) is 12.1. The summed E-state index contributed by atoms with van der Waals surface area (Å²) in [5, 5.41) is 0. The third-order valence-corrected chi connectivity index (χ3v) is 0. The predicted octanol–water partition coefficient (Wildman–Crippen LogP) is -4.83. The Bertz CT molecular complexity index is 92.9. The van der Waals surface area contributed by atoms with Crippen molar-refractivity contribution in [2.24, 2.45) is 0 Å². The second-order valence-corrected chi connectivity index (χ2v) is 2.45. The maximum Gasteiger partial charge on any atom is 1.00 e. The van der Waals surface area contributed by atoms with Gasteiger partial charge in [-0.3, -0.25) is 4.21 Å². The molecule has 0 amide bonds. The maximum atomic E-state index is 8.89. The largest absolute Gasteiger partial charge is 1.00 e. The van der Waals surface area contributed by atoms with Crippen LogP contribution in [-0.4, -0.2) is 18.8 Å². The van der Waals surface area contributed by atoms with Gasteiger partial charge in [0.1, 0.15) is 0 Å². The average Bonchev–Trinajstić information content (AvgIpc) is 0.722. The third-order valence-electron chi connectivity index (χ3n) is 0. The van der Waals surface area contributed by atoms with E-state index in [1.165, 1.54) is 0 Å². The fraction of sp³-hybridized carbons (Fsp3) is 0. The molecule has 0 aliphatic heterocycles. The number of hydrogen-bond acceptors (Lipinski definition) is 4. The molecule has 7 heavy (non-hydrogen) atoms. The van der Waals surface area contributed by atoms with Crippen molar-refractivity contribution in [1.82, 2.24) is 0 Å². The minimum atomic E-state index is -4.33. The summed E-state index contributed by atoms with van der Waals surface area (Å²) in [6.45, 7) is 0. The van der Waals surface area contributed by atoms with Gasteiger partial charge < -0.3 is 14.6 Å². The van der Waals surface area contributed by atoms with E-state index in [0.717, 1.165) is 0 Å². The molecule has 0 bridgehead atoms. The molecule has 0 spiro atoms. The Morgan fingerprint density at radius 1 is 1.43 bits per heavy atom. The van der Waals surface area contributed by atoms with E-state index in [-0.39, 0.29) is 35.0 Å². The van der Waals surface area contributed by atoms with Crippen molar-refractivity contribution >= 4 is 20.2 Å². The van der Waals surface area contributed by atoms with Crippen LogP contribution in [0.3, 0.4) is 0 Å². The van der Waals surface area contributed by atoms with Gasteiger partial charge in [0.15, 0.2) is 0 Å².